The molecule has 1 atom stereocenters. The summed E-state index contributed by atoms with van der Waals surface area (Å²) in [6.07, 6.45) is 0. The van der Waals surface area contributed by atoms with Crippen molar-refractivity contribution in [1.82, 2.24) is 29.4 Å². The minimum atomic E-state index is -0.189. The topological polar surface area (TPSA) is 85.9 Å². The summed E-state index contributed by atoms with van der Waals surface area (Å²) in [6, 6.07) is 9.63. The average molecular weight is 392 g/mol. The third kappa shape index (κ3) is 3.35. The zero-order valence-corrected chi connectivity index (χ0v) is 17.1. The summed E-state index contributed by atoms with van der Waals surface area (Å²) < 4.78 is 3.50. The number of aryl methyl sites for hydroxylation is 1. The number of carbonyl (C=O) groups excluding carboxylic acids is 2. The van der Waals surface area contributed by atoms with Crippen molar-refractivity contribution in [3.63, 3.8) is 0 Å². The molecule has 3 heterocycles. The molecule has 0 saturated heterocycles. The molecular formula is C21H24N6O2. The molecule has 0 aliphatic carbocycles. The highest BCUT2D eigenvalue weighted by Crippen LogP contribution is 2.26. The van der Waals surface area contributed by atoms with Crippen LogP contribution in [0, 0.1) is 13.8 Å². The lowest BCUT2D eigenvalue weighted by Crippen LogP contribution is -2.43. The Balaban J connectivity index is 1.56. The minimum Gasteiger partial charge on any atom is -0.329 e. The van der Waals surface area contributed by atoms with Gasteiger partial charge in [-0.2, -0.15) is 10.2 Å². The molecule has 0 saturated carbocycles. The molecule has 1 aliphatic rings. The van der Waals surface area contributed by atoms with Crippen LogP contribution in [0.15, 0.2) is 30.3 Å². The lowest BCUT2D eigenvalue weighted by Gasteiger charge is -2.33. The van der Waals surface area contributed by atoms with E-state index in [9.17, 15) is 9.59 Å². The van der Waals surface area contributed by atoms with E-state index >= 15 is 0 Å². The van der Waals surface area contributed by atoms with Gasteiger partial charge in [0.2, 0.25) is 5.91 Å². The molecule has 0 radical (unpaired) electrons. The summed E-state index contributed by atoms with van der Waals surface area (Å²) in [5.41, 5.74) is 2.93. The van der Waals surface area contributed by atoms with Gasteiger partial charge in [0, 0.05) is 17.8 Å². The van der Waals surface area contributed by atoms with Crippen LogP contribution in [0.1, 0.15) is 47.5 Å². The predicted molar refractivity (Wildman–Crippen MR) is 107 cm³/mol. The van der Waals surface area contributed by atoms with Crippen molar-refractivity contribution in [2.45, 2.75) is 46.8 Å². The molecule has 0 bridgehead atoms. The molecule has 1 aliphatic heterocycles. The Morgan fingerprint density at radius 1 is 1.10 bits per heavy atom. The molecule has 1 aromatic carbocycles. The van der Waals surface area contributed by atoms with Gasteiger partial charge in [-0.05, 0) is 27.7 Å². The molecule has 0 fully saturated rings. The minimum absolute atomic E-state index is 0.0356. The van der Waals surface area contributed by atoms with Gasteiger partial charge in [-0.1, -0.05) is 30.3 Å². The molecule has 0 N–H and O–H groups in total. The fourth-order valence-electron chi connectivity index (χ4n) is 3.99. The first kappa shape index (κ1) is 19.0. The summed E-state index contributed by atoms with van der Waals surface area (Å²) in [7, 11) is 0. The van der Waals surface area contributed by atoms with Crippen LogP contribution >= 0.6 is 0 Å². The van der Waals surface area contributed by atoms with E-state index in [1.54, 1.807) is 11.6 Å². The third-order valence-corrected chi connectivity index (χ3v) is 5.47. The smallest absolute Gasteiger partial charge is 0.244 e. The molecule has 0 unspecified atom stereocenters. The molecular weight excluding hydrogens is 368 g/mol. The Morgan fingerprint density at radius 2 is 1.83 bits per heavy atom. The van der Waals surface area contributed by atoms with Crippen molar-refractivity contribution < 1.29 is 9.59 Å². The van der Waals surface area contributed by atoms with Crippen LogP contribution in [-0.2, 0) is 17.9 Å². The highest BCUT2D eigenvalue weighted by Gasteiger charge is 2.31. The molecule has 2 aromatic heterocycles. The van der Waals surface area contributed by atoms with Crippen LogP contribution in [-0.4, -0.2) is 47.7 Å². The molecule has 150 valence electrons. The Morgan fingerprint density at radius 3 is 2.48 bits per heavy atom. The van der Waals surface area contributed by atoms with Gasteiger partial charge in [0.15, 0.2) is 11.6 Å². The second kappa shape index (κ2) is 7.27. The third-order valence-electron chi connectivity index (χ3n) is 5.47. The van der Waals surface area contributed by atoms with Gasteiger partial charge in [0.05, 0.1) is 23.8 Å². The monoisotopic (exact) mass is 392 g/mol. The van der Waals surface area contributed by atoms with Gasteiger partial charge >= 0.3 is 0 Å². The van der Waals surface area contributed by atoms with Gasteiger partial charge in [-0.25, -0.2) is 9.67 Å². The van der Waals surface area contributed by atoms with Crippen molar-refractivity contribution in [1.29, 1.82) is 0 Å². The number of aromatic nitrogens is 5. The SMILES string of the molecule is CC(=O)c1c(C)nn(CC(=O)N2CCn3nc(-c4ccccc4)nc3[C@@H]2C)c1C. The van der Waals surface area contributed by atoms with E-state index in [0.717, 1.165) is 17.1 Å². The molecule has 4 rings (SSSR count). The van der Waals surface area contributed by atoms with Crippen LogP contribution in [0.3, 0.4) is 0 Å². The van der Waals surface area contributed by atoms with E-state index in [-0.39, 0.29) is 24.3 Å². The Hall–Kier alpha value is -3.29. The maximum atomic E-state index is 13.0. The maximum Gasteiger partial charge on any atom is 0.244 e. The van der Waals surface area contributed by atoms with Crippen molar-refractivity contribution in [2.75, 3.05) is 6.54 Å². The Labute approximate surface area is 169 Å². The van der Waals surface area contributed by atoms with Gasteiger partial charge in [-0.3, -0.25) is 14.3 Å². The van der Waals surface area contributed by atoms with E-state index in [0.29, 0.717) is 30.2 Å². The van der Waals surface area contributed by atoms with Gasteiger partial charge in [0.25, 0.3) is 0 Å². The van der Waals surface area contributed by atoms with Gasteiger partial charge in [-0.15, -0.1) is 0 Å². The number of rotatable bonds is 4. The fraction of sp³-hybridized carbons (Fsp3) is 0.381. The second-order valence-electron chi connectivity index (χ2n) is 7.41. The summed E-state index contributed by atoms with van der Waals surface area (Å²) in [6.45, 7) is 8.37. The Bertz CT molecular complexity index is 1080. The van der Waals surface area contributed by atoms with Crippen LogP contribution in [0.25, 0.3) is 11.4 Å². The number of hydrogen-bond donors (Lipinski definition) is 0. The highest BCUT2D eigenvalue weighted by molar-refractivity contribution is 5.96. The fourth-order valence-corrected chi connectivity index (χ4v) is 3.99. The van der Waals surface area contributed by atoms with E-state index in [2.05, 4.69) is 10.2 Å². The highest BCUT2D eigenvalue weighted by atomic mass is 16.2. The van der Waals surface area contributed by atoms with E-state index < -0.39 is 0 Å². The zero-order chi connectivity index (χ0) is 20.7. The first-order valence-electron chi connectivity index (χ1n) is 9.71. The number of ketones is 1. The number of nitrogens with zero attached hydrogens (tertiary/aromatic N) is 6. The number of fused-ring (bicyclic) bond motifs is 1. The lowest BCUT2D eigenvalue weighted by molar-refractivity contribution is -0.135. The Kier molecular flexibility index (Phi) is 4.77. The summed E-state index contributed by atoms with van der Waals surface area (Å²) >= 11 is 0. The number of amides is 1. The van der Waals surface area contributed by atoms with Gasteiger partial charge < -0.3 is 4.90 Å². The van der Waals surface area contributed by atoms with Crippen LogP contribution in [0.5, 0.6) is 0 Å². The van der Waals surface area contributed by atoms with Crippen LogP contribution < -0.4 is 0 Å². The lowest BCUT2D eigenvalue weighted by atomic mass is 10.1. The molecule has 0 spiro atoms. The molecule has 1 amide bonds. The standard InChI is InChI=1S/C21H24N6O2/c1-13-19(16(4)28)14(2)27(23-13)12-18(29)25-10-11-26-21(15(25)3)22-20(24-26)17-8-6-5-7-9-17/h5-9,15H,10-12H2,1-4H3/t15-/m0/s1. The van der Waals surface area contributed by atoms with Crippen molar-refractivity contribution >= 4 is 11.7 Å². The quantitative estimate of drug-likeness (QED) is 0.637. The summed E-state index contributed by atoms with van der Waals surface area (Å²) in [5, 5.41) is 9.00. The first-order valence-corrected chi connectivity index (χ1v) is 9.71. The van der Waals surface area contributed by atoms with E-state index in [4.69, 9.17) is 4.98 Å². The van der Waals surface area contributed by atoms with Crippen LogP contribution in [0.2, 0.25) is 0 Å². The molecule has 29 heavy (non-hydrogen) atoms. The van der Waals surface area contributed by atoms with E-state index in [1.165, 1.54) is 6.92 Å². The largest absolute Gasteiger partial charge is 0.329 e. The van der Waals surface area contributed by atoms with E-state index in [1.807, 2.05) is 53.8 Å². The summed E-state index contributed by atoms with van der Waals surface area (Å²) in [4.78, 5) is 31.4. The predicted octanol–water partition coefficient (Wildman–Crippen LogP) is 2.56. The molecule has 3 aromatic rings. The second-order valence-corrected chi connectivity index (χ2v) is 7.41. The van der Waals surface area contributed by atoms with Crippen molar-refractivity contribution in [3.8, 4) is 11.4 Å². The first-order chi connectivity index (χ1) is 13.9. The average Bonchev–Trinajstić information content (AvgIpc) is 3.24. The van der Waals surface area contributed by atoms with Crippen LogP contribution in [0.4, 0.5) is 0 Å². The number of carbonyl (C=O) groups is 2. The molecule has 8 nitrogen and oxygen atoms in total. The number of Topliss-reactive ketones (excluding diaryl/α,β-unsaturated/α-hetero) is 1. The molecule has 8 heteroatoms. The number of hydrogen-bond acceptors (Lipinski definition) is 5. The van der Waals surface area contributed by atoms with Crippen molar-refractivity contribution in [3.05, 3.63) is 53.1 Å². The normalized spacial score (nSPS) is 16.0. The van der Waals surface area contributed by atoms with Crippen molar-refractivity contribution in [2.24, 2.45) is 0 Å². The number of benzene rings is 1. The maximum absolute atomic E-state index is 13.0. The van der Waals surface area contributed by atoms with Gasteiger partial charge in [0.1, 0.15) is 12.4 Å². The zero-order valence-electron chi connectivity index (χ0n) is 17.1. The summed E-state index contributed by atoms with van der Waals surface area (Å²) in [5.74, 6) is 1.37.